The van der Waals surface area contributed by atoms with Crippen molar-refractivity contribution >= 4 is 18.0 Å². The van der Waals surface area contributed by atoms with Crippen molar-refractivity contribution in [2.45, 2.75) is 26.3 Å². The molecule has 0 amide bonds. The lowest BCUT2D eigenvalue weighted by atomic mass is 10.00. The average molecular weight is 277 g/mol. The van der Waals surface area contributed by atoms with Gasteiger partial charge in [0.2, 0.25) is 0 Å². The summed E-state index contributed by atoms with van der Waals surface area (Å²) in [5, 5.41) is 26.2. The number of nitrogen functional groups attached to an aromatic ring is 1. The maximum atomic E-state index is 11.1. The number of hydrogen-bond acceptors (Lipinski definition) is 4. The van der Waals surface area contributed by atoms with Crippen molar-refractivity contribution in [2.75, 3.05) is 0 Å². The van der Waals surface area contributed by atoms with Gasteiger partial charge in [-0.15, -0.1) is 0 Å². The number of carboxylic acids is 1. The molecule has 0 heterocycles. The first-order valence-corrected chi connectivity index (χ1v) is 6.30. The molecule has 0 unspecified atom stereocenters. The molecule has 0 aliphatic rings. The van der Waals surface area contributed by atoms with Gasteiger partial charge in [0.25, 0.3) is 0 Å². The number of nitrogens with zero attached hydrogens (tertiary/aromatic N) is 1. The zero-order valence-corrected chi connectivity index (χ0v) is 11.5. The van der Waals surface area contributed by atoms with Crippen LogP contribution in [-0.4, -0.2) is 34.3 Å². The molecule has 0 saturated carbocycles. The monoisotopic (exact) mass is 277 g/mol. The molecule has 1 aromatic rings. The maximum absolute atomic E-state index is 11.1. The van der Waals surface area contributed by atoms with E-state index >= 15 is 0 Å². The molecule has 0 saturated heterocycles. The number of nitrogens with one attached hydrogen (secondary N) is 1. The number of aliphatic imine (C=N–C) groups is 1. The quantitative estimate of drug-likeness (QED) is 0.466. The van der Waals surface area contributed by atoms with Crippen LogP contribution in [0, 0.1) is 11.3 Å². The summed E-state index contributed by atoms with van der Waals surface area (Å²) in [6.07, 6.45) is 2.04. The molecule has 0 radical (unpaired) electrons. The first-order chi connectivity index (χ1) is 9.36. The summed E-state index contributed by atoms with van der Waals surface area (Å²) in [6.45, 7) is 3.71. The highest BCUT2D eigenvalue weighted by Gasteiger charge is 2.21. The minimum Gasteiger partial charge on any atom is -0.507 e. The normalized spacial score (nSPS) is 14.1. The van der Waals surface area contributed by atoms with E-state index in [1.807, 2.05) is 13.8 Å². The molecule has 0 aromatic heterocycles. The van der Waals surface area contributed by atoms with E-state index in [1.165, 1.54) is 12.3 Å². The Kier molecular flexibility index (Phi) is 5.25. The van der Waals surface area contributed by atoms with Crippen LogP contribution in [0.15, 0.2) is 23.2 Å². The van der Waals surface area contributed by atoms with Crippen LogP contribution in [0.3, 0.4) is 0 Å². The third-order valence-corrected chi connectivity index (χ3v) is 3.15. The topological polar surface area (TPSA) is 120 Å². The third kappa shape index (κ3) is 3.81. The molecule has 2 atom stereocenters. The number of phenols is 1. The van der Waals surface area contributed by atoms with Gasteiger partial charge in [0.15, 0.2) is 0 Å². The molecule has 0 bridgehead atoms. The number of aliphatic carboxylic acids is 1. The lowest BCUT2D eigenvalue weighted by Crippen LogP contribution is -2.25. The molecule has 6 nitrogen and oxygen atoms in total. The lowest BCUT2D eigenvalue weighted by molar-refractivity contribution is -0.139. The Morgan fingerprint density at radius 3 is 2.65 bits per heavy atom. The molecule has 1 rings (SSSR count). The van der Waals surface area contributed by atoms with Gasteiger partial charge in [-0.3, -0.25) is 10.4 Å². The molecule has 0 aliphatic carbocycles. The van der Waals surface area contributed by atoms with Gasteiger partial charge in [-0.2, -0.15) is 0 Å². The molecular formula is C14H19N3O3. The summed E-state index contributed by atoms with van der Waals surface area (Å²) in [5.41, 5.74) is 6.11. The zero-order valence-electron chi connectivity index (χ0n) is 11.5. The molecule has 0 fully saturated rings. The molecule has 0 aliphatic heterocycles. The summed E-state index contributed by atoms with van der Waals surface area (Å²) < 4.78 is 0. The standard InChI is InChI=1S/C14H19N3O3/c1-3-8(2)12(14(19)20)17-7-10-5-4-9(13(15)16)6-11(10)18/h4-8,12,18H,3H2,1-2H3,(H3,15,16)(H,19,20)/t8-,12-/m0/s1. The van der Waals surface area contributed by atoms with E-state index in [9.17, 15) is 9.90 Å². The second-order valence-electron chi connectivity index (χ2n) is 4.63. The summed E-state index contributed by atoms with van der Waals surface area (Å²) in [5.74, 6) is -1.32. The Balaban J connectivity index is 2.99. The van der Waals surface area contributed by atoms with Crippen LogP contribution in [0.4, 0.5) is 0 Å². The highest BCUT2D eigenvalue weighted by Crippen LogP contribution is 2.18. The highest BCUT2D eigenvalue weighted by molar-refractivity contribution is 5.96. The molecular weight excluding hydrogens is 258 g/mol. The van der Waals surface area contributed by atoms with Crippen LogP contribution in [0.5, 0.6) is 5.75 Å². The van der Waals surface area contributed by atoms with Crippen molar-refractivity contribution in [1.29, 1.82) is 5.41 Å². The predicted molar refractivity (Wildman–Crippen MR) is 77.6 cm³/mol. The van der Waals surface area contributed by atoms with Gasteiger partial charge in [0.1, 0.15) is 17.6 Å². The summed E-state index contributed by atoms with van der Waals surface area (Å²) in [4.78, 5) is 15.2. The number of nitrogens with two attached hydrogens (primary N) is 1. The molecule has 1 aromatic carbocycles. The Bertz CT molecular complexity index is 540. The Labute approximate surface area is 117 Å². The smallest absolute Gasteiger partial charge is 0.328 e. The van der Waals surface area contributed by atoms with Crippen LogP contribution < -0.4 is 5.73 Å². The fraction of sp³-hybridized carbons (Fsp3) is 0.357. The highest BCUT2D eigenvalue weighted by atomic mass is 16.4. The summed E-state index contributed by atoms with van der Waals surface area (Å²) in [6, 6.07) is 3.63. The maximum Gasteiger partial charge on any atom is 0.328 e. The predicted octanol–water partition coefficient (Wildman–Crippen LogP) is 1.59. The van der Waals surface area contributed by atoms with E-state index in [4.69, 9.17) is 16.2 Å². The second kappa shape index (κ2) is 6.70. The number of rotatable bonds is 6. The zero-order chi connectivity index (χ0) is 15.3. The van der Waals surface area contributed by atoms with Crippen molar-refractivity contribution in [2.24, 2.45) is 16.6 Å². The van der Waals surface area contributed by atoms with Crippen molar-refractivity contribution in [3.8, 4) is 5.75 Å². The van der Waals surface area contributed by atoms with Gasteiger partial charge in [-0.05, 0) is 18.1 Å². The van der Waals surface area contributed by atoms with Crippen LogP contribution in [0.2, 0.25) is 0 Å². The SMILES string of the molecule is CC[C@H](C)[C@H](N=Cc1ccc(C(=N)N)cc1O)C(=O)O. The van der Waals surface area contributed by atoms with Crippen molar-refractivity contribution in [1.82, 2.24) is 0 Å². The Hall–Kier alpha value is -2.37. The molecule has 20 heavy (non-hydrogen) atoms. The summed E-state index contributed by atoms with van der Waals surface area (Å²) >= 11 is 0. The number of phenolic OH excluding ortho intramolecular Hbond substituents is 1. The van der Waals surface area contributed by atoms with E-state index < -0.39 is 12.0 Å². The Morgan fingerprint density at radius 2 is 2.20 bits per heavy atom. The van der Waals surface area contributed by atoms with Crippen LogP contribution in [0.1, 0.15) is 31.4 Å². The van der Waals surface area contributed by atoms with E-state index in [0.29, 0.717) is 17.5 Å². The molecule has 108 valence electrons. The number of carbonyl (C=O) groups is 1. The number of aromatic hydroxyl groups is 1. The van der Waals surface area contributed by atoms with Gasteiger partial charge in [-0.25, -0.2) is 4.79 Å². The fourth-order valence-corrected chi connectivity index (χ4v) is 1.66. The van der Waals surface area contributed by atoms with Crippen molar-refractivity contribution < 1.29 is 15.0 Å². The Morgan fingerprint density at radius 1 is 1.55 bits per heavy atom. The van der Waals surface area contributed by atoms with E-state index in [0.717, 1.165) is 0 Å². The number of benzene rings is 1. The van der Waals surface area contributed by atoms with Gasteiger partial charge in [-0.1, -0.05) is 26.3 Å². The first-order valence-electron chi connectivity index (χ1n) is 6.30. The van der Waals surface area contributed by atoms with Gasteiger partial charge < -0.3 is 15.9 Å². The minimum atomic E-state index is -0.990. The van der Waals surface area contributed by atoms with Crippen LogP contribution in [0.25, 0.3) is 0 Å². The van der Waals surface area contributed by atoms with E-state index in [2.05, 4.69) is 4.99 Å². The van der Waals surface area contributed by atoms with Gasteiger partial charge >= 0.3 is 5.97 Å². The second-order valence-corrected chi connectivity index (χ2v) is 4.63. The average Bonchev–Trinajstić information content (AvgIpc) is 2.39. The molecule has 6 heteroatoms. The van der Waals surface area contributed by atoms with Crippen molar-refractivity contribution in [3.05, 3.63) is 29.3 Å². The molecule has 5 N–H and O–H groups in total. The first kappa shape index (κ1) is 15.7. The van der Waals surface area contributed by atoms with Crippen LogP contribution in [-0.2, 0) is 4.79 Å². The lowest BCUT2D eigenvalue weighted by Gasteiger charge is -2.14. The fourth-order valence-electron chi connectivity index (χ4n) is 1.66. The number of amidine groups is 1. The number of carboxylic acid groups (broad SMARTS) is 1. The largest absolute Gasteiger partial charge is 0.507 e. The van der Waals surface area contributed by atoms with Crippen LogP contribution >= 0.6 is 0 Å². The van der Waals surface area contributed by atoms with Crippen molar-refractivity contribution in [3.63, 3.8) is 0 Å². The van der Waals surface area contributed by atoms with E-state index in [-0.39, 0.29) is 17.5 Å². The van der Waals surface area contributed by atoms with E-state index in [1.54, 1.807) is 12.1 Å². The van der Waals surface area contributed by atoms with Gasteiger partial charge in [0, 0.05) is 17.3 Å². The molecule has 0 spiro atoms. The number of hydrogen-bond donors (Lipinski definition) is 4. The summed E-state index contributed by atoms with van der Waals surface area (Å²) in [7, 11) is 0. The minimum absolute atomic E-state index is 0.0882. The third-order valence-electron chi connectivity index (χ3n) is 3.15. The van der Waals surface area contributed by atoms with Gasteiger partial charge in [0.05, 0.1) is 0 Å².